The lowest BCUT2D eigenvalue weighted by Gasteiger charge is -2.21. The number of carbonyl (C=O) groups is 4. The summed E-state index contributed by atoms with van der Waals surface area (Å²) in [5.74, 6) is -0.556. The zero-order chi connectivity index (χ0) is 62.2. The molecule has 0 bridgehead atoms. The molecule has 0 aliphatic carbocycles. The monoisotopic (exact) mass is 1240 g/mol. The van der Waals surface area contributed by atoms with Crippen molar-refractivity contribution in [3.05, 3.63) is 0 Å². The average molecular weight is 1240 g/mol. The van der Waals surface area contributed by atoms with Gasteiger partial charge < -0.3 is 33.8 Å². The van der Waals surface area contributed by atoms with E-state index in [4.69, 9.17) is 37.0 Å². The molecule has 0 aliphatic rings. The van der Waals surface area contributed by atoms with Crippen LogP contribution in [0.1, 0.15) is 324 Å². The standard InChI is InChI=1S/C65H126O17P2/c1-7-10-12-14-15-16-25-31-37-43-49-64(69)81-60(53-75-62(67)47-41-33-13-11-8-2)55-79-83(71,72)77-51-59(66)52-78-84(73,74)80-56-61(54-76-63(68)48-42-36-30-26-22-21-24-29-35-40-46-58(6)9-3)82-65(70)50-44-38-32-27-20-18-17-19-23-28-34-39-45-57(4)5/h57-61,66H,7-56H2,1-6H3,(H,71,72)(H,73,74)/t58?,59-,60+,61+/m0/s1. The molecule has 0 fully saturated rings. The molecule has 0 amide bonds. The molecule has 498 valence electrons. The number of hydrogen-bond acceptors (Lipinski definition) is 15. The predicted molar refractivity (Wildman–Crippen MR) is 335 cm³/mol. The second-order valence-corrected chi connectivity index (χ2v) is 27.1. The van der Waals surface area contributed by atoms with Gasteiger partial charge in [0.15, 0.2) is 12.2 Å². The number of phosphoric ester groups is 2. The highest BCUT2D eigenvalue weighted by molar-refractivity contribution is 7.47. The van der Waals surface area contributed by atoms with E-state index in [1.807, 2.05) is 0 Å². The summed E-state index contributed by atoms with van der Waals surface area (Å²) in [6.45, 7) is 9.45. The Bertz CT molecular complexity index is 1650. The van der Waals surface area contributed by atoms with Gasteiger partial charge in [0.2, 0.25) is 0 Å². The molecule has 0 radical (unpaired) electrons. The summed E-state index contributed by atoms with van der Waals surface area (Å²) < 4.78 is 67.9. The van der Waals surface area contributed by atoms with Crippen LogP contribution < -0.4 is 0 Å². The van der Waals surface area contributed by atoms with Crippen LogP contribution in [-0.4, -0.2) is 96.7 Å². The summed E-state index contributed by atoms with van der Waals surface area (Å²) >= 11 is 0. The van der Waals surface area contributed by atoms with Crippen molar-refractivity contribution < 1.29 is 80.2 Å². The highest BCUT2D eigenvalue weighted by Crippen LogP contribution is 2.45. The molecule has 3 N–H and O–H groups in total. The molecular formula is C65H126O17P2. The average Bonchev–Trinajstić information content (AvgIpc) is 3.57. The van der Waals surface area contributed by atoms with Crippen molar-refractivity contribution in [3.8, 4) is 0 Å². The first-order chi connectivity index (χ1) is 40.4. The minimum Gasteiger partial charge on any atom is -0.462 e. The van der Waals surface area contributed by atoms with E-state index in [2.05, 4.69) is 41.5 Å². The third kappa shape index (κ3) is 57.8. The lowest BCUT2D eigenvalue weighted by molar-refractivity contribution is -0.161. The first-order valence-electron chi connectivity index (χ1n) is 34.0. The van der Waals surface area contributed by atoms with E-state index < -0.39 is 97.5 Å². The van der Waals surface area contributed by atoms with Crippen LogP contribution in [0.5, 0.6) is 0 Å². The number of aliphatic hydroxyl groups excluding tert-OH is 1. The largest absolute Gasteiger partial charge is 0.472 e. The molecule has 0 saturated carbocycles. The van der Waals surface area contributed by atoms with Crippen molar-refractivity contribution in [2.75, 3.05) is 39.6 Å². The van der Waals surface area contributed by atoms with Gasteiger partial charge in [-0.1, -0.05) is 273 Å². The number of ether oxygens (including phenoxy) is 4. The van der Waals surface area contributed by atoms with E-state index in [1.165, 1.54) is 135 Å². The number of unbranched alkanes of at least 4 members (excludes halogenated alkanes) is 33. The van der Waals surface area contributed by atoms with Gasteiger partial charge in [-0.2, -0.15) is 0 Å². The summed E-state index contributed by atoms with van der Waals surface area (Å²) in [5.41, 5.74) is 0. The summed E-state index contributed by atoms with van der Waals surface area (Å²) in [6.07, 6.45) is 40.5. The molecule has 17 nitrogen and oxygen atoms in total. The van der Waals surface area contributed by atoms with Gasteiger partial charge in [-0.15, -0.1) is 0 Å². The molecule has 0 aliphatic heterocycles. The number of carbonyl (C=O) groups excluding carboxylic acids is 4. The van der Waals surface area contributed by atoms with Crippen LogP contribution in [-0.2, 0) is 65.4 Å². The Labute approximate surface area is 511 Å². The zero-order valence-corrected chi connectivity index (χ0v) is 56.0. The first kappa shape index (κ1) is 82.1. The van der Waals surface area contributed by atoms with E-state index >= 15 is 0 Å². The van der Waals surface area contributed by atoms with Crippen LogP contribution in [0.15, 0.2) is 0 Å². The van der Waals surface area contributed by atoms with Crippen LogP contribution in [0, 0.1) is 11.8 Å². The number of phosphoric acid groups is 2. The Balaban J connectivity index is 5.18. The molecule has 0 aromatic rings. The lowest BCUT2D eigenvalue weighted by atomic mass is 9.99. The molecule has 0 heterocycles. The van der Waals surface area contributed by atoms with Gasteiger partial charge in [0.25, 0.3) is 0 Å². The van der Waals surface area contributed by atoms with Crippen molar-refractivity contribution in [2.24, 2.45) is 11.8 Å². The Kier molecular flexibility index (Phi) is 56.2. The van der Waals surface area contributed by atoms with Gasteiger partial charge in [0.05, 0.1) is 26.4 Å². The SMILES string of the molecule is CCCCCCCCCCCCC(=O)O[C@H](COC(=O)CCCCCCC)COP(=O)(O)OC[C@H](O)COP(=O)(O)OC[C@@H](COC(=O)CCCCCCCCCCCCC(C)CC)OC(=O)CCCCCCCCCCCCCCC(C)C. The van der Waals surface area contributed by atoms with Crippen molar-refractivity contribution in [1.29, 1.82) is 0 Å². The minimum atomic E-state index is -4.95. The Morgan fingerprint density at radius 2 is 0.607 bits per heavy atom. The molecular weight excluding hydrogens is 1110 g/mol. The maximum absolute atomic E-state index is 13.0. The Hall–Kier alpha value is -1.94. The van der Waals surface area contributed by atoms with Crippen molar-refractivity contribution in [2.45, 2.75) is 342 Å². The van der Waals surface area contributed by atoms with Gasteiger partial charge in [0, 0.05) is 25.7 Å². The topological polar surface area (TPSA) is 237 Å². The lowest BCUT2D eigenvalue weighted by Crippen LogP contribution is -2.30. The molecule has 3 unspecified atom stereocenters. The van der Waals surface area contributed by atoms with Crippen molar-refractivity contribution in [3.63, 3.8) is 0 Å². The summed E-state index contributed by atoms with van der Waals surface area (Å²) in [6, 6.07) is 0. The van der Waals surface area contributed by atoms with Crippen LogP contribution in [0.25, 0.3) is 0 Å². The Morgan fingerprint density at radius 3 is 0.905 bits per heavy atom. The molecule has 0 spiro atoms. The molecule has 84 heavy (non-hydrogen) atoms. The molecule has 6 atom stereocenters. The summed E-state index contributed by atoms with van der Waals surface area (Å²) in [5, 5.41) is 10.5. The van der Waals surface area contributed by atoms with Gasteiger partial charge in [0.1, 0.15) is 19.3 Å². The first-order valence-corrected chi connectivity index (χ1v) is 37.0. The third-order valence-electron chi connectivity index (χ3n) is 15.3. The minimum absolute atomic E-state index is 0.105. The van der Waals surface area contributed by atoms with E-state index in [-0.39, 0.29) is 25.7 Å². The van der Waals surface area contributed by atoms with E-state index in [0.717, 1.165) is 108 Å². The van der Waals surface area contributed by atoms with E-state index in [1.54, 1.807) is 0 Å². The highest BCUT2D eigenvalue weighted by Gasteiger charge is 2.30. The number of hydrogen-bond donors (Lipinski definition) is 3. The highest BCUT2D eigenvalue weighted by atomic mass is 31.2. The summed E-state index contributed by atoms with van der Waals surface area (Å²) in [4.78, 5) is 72.0. The van der Waals surface area contributed by atoms with Gasteiger partial charge >= 0.3 is 39.5 Å². The van der Waals surface area contributed by atoms with Crippen molar-refractivity contribution in [1.82, 2.24) is 0 Å². The fraction of sp³-hybridized carbons (Fsp3) is 0.938. The van der Waals surface area contributed by atoms with Crippen molar-refractivity contribution >= 4 is 39.5 Å². The third-order valence-corrected chi connectivity index (χ3v) is 17.2. The van der Waals surface area contributed by atoms with Crippen LogP contribution in [0.3, 0.4) is 0 Å². The van der Waals surface area contributed by atoms with Crippen LogP contribution in [0.4, 0.5) is 0 Å². The number of esters is 4. The second kappa shape index (κ2) is 57.5. The van der Waals surface area contributed by atoms with Gasteiger partial charge in [-0.05, 0) is 37.5 Å². The molecule has 0 aromatic heterocycles. The van der Waals surface area contributed by atoms with Crippen LogP contribution >= 0.6 is 15.6 Å². The molecule has 0 saturated heterocycles. The van der Waals surface area contributed by atoms with Gasteiger partial charge in [-0.25, -0.2) is 9.13 Å². The maximum Gasteiger partial charge on any atom is 0.472 e. The van der Waals surface area contributed by atoms with Gasteiger partial charge in [-0.3, -0.25) is 37.3 Å². The normalized spacial score (nSPS) is 14.6. The Morgan fingerprint density at radius 1 is 0.345 bits per heavy atom. The smallest absolute Gasteiger partial charge is 0.462 e. The van der Waals surface area contributed by atoms with E-state index in [9.17, 15) is 43.2 Å². The van der Waals surface area contributed by atoms with Crippen LogP contribution in [0.2, 0.25) is 0 Å². The zero-order valence-electron chi connectivity index (χ0n) is 54.2. The maximum atomic E-state index is 13.0. The van der Waals surface area contributed by atoms with E-state index in [0.29, 0.717) is 25.7 Å². The molecule has 0 rings (SSSR count). The summed E-state index contributed by atoms with van der Waals surface area (Å²) in [7, 11) is -9.88. The number of rotatable bonds is 64. The molecule has 19 heteroatoms. The second-order valence-electron chi connectivity index (χ2n) is 24.2. The predicted octanol–water partition coefficient (Wildman–Crippen LogP) is 18.0. The fourth-order valence-electron chi connectivity index (χ4n) is 9.68. The number of aliphatic hydroxyl groups is 1. The quantitative estimate of drug-likeness (QED) is 0.0222. The fourth-order valence-corrected chi connectivity index (χ4v) is 11.3. The molecule has 0 aromatic carbocycles.